The van der Waals surface area contributed by atoms with Crippen LogP contribution in [-0.2, 0) is 16.6 Å². The summed E-state index contributed by atoms with van der Waals surface area (Å²) >= 11 is 0. The number of sulfonamides is 1. The molecule has 2 aromatic heterocycles. The Bertz CT molecular complexity index is 1770. The molecule has 0 amide bonds. The average molecular weight is 515 g/mol. The zero-order valence-electron chi connectivity index (χ0n) is 20.3. The molecule has 3 heterocycles. The van der Waals surface area contributed by atoms with E-state index >= 15 is 0 Å². The number of nitrogens with zero attached hydrogens (tertiary/aromatic N) is 5. The predicted molar refractivity (Wildman–Crippen MR) is 141 cm³/mol. The Morgan fingerprint density at radius 3 is 2.65 bits per heavy atom. The molecule has 0 radical (unpaired) electrons. The van der Waals surface area contributed by atoms with E-state index in [9.17, 15) is 13.2 Å². The second kappa shape index (κ2) is 9.20. The van der Waals surface area contributed by atoms with Crippen molar-refractivity contribution in [1.29, 1.82) is 0 Å². The summed E-state index contributed by atoms with van der Waals surface area (Å²) in [5.74, 6) is 0.209. The molecule has 0 saturated carbocycles. The Kier molecular flexibility index (Phi) is 5.85. The van der Waals surface area contributed by atoms with Crippen LogP contribution in [0.25, 0.3) is 21.9 Å². The summed E-state index contributed by atoms with van der Waals surface area (Å²) < 4.78 is 30.5. The van der Waals surface area contributed by atoms with E-state index in [0.717, 1.165) is 22.9 Å². The van der Waals surface area contributed by atoms with Gasteiger partial charge in [-0.15, -0.1) is 5.10 Å². The highest BCUT2D eigenvalue weighted by Crippen LogP contribution is 2.31. The molecule has 0 aliphatic carbocycles. The quantitative estimate of drug-likeness (QED) is 0.383. The predicted octanol–water partition coefficient (Wildman–Crippen LogP) is 3.59. The molecule has 5 aromatic rings. The van der Waals surface area contributed by atoms with Crippen LogP contribution in [0.2, 0.25) is 0 Å². The summed E-state index contributed by atoms with van der Waals surface area (Å²) in [7, 11) is -3.74. The lowest BCUT2D eigenvalue weighted by molar-refractivity contribution is 0.309. The van der Waals surface area contributed by atoms with Gasteiger partial charge in [0.15, 0.2) is 11.2 Å². The van der Waals surface area contributed by atoms with E-state index in [2.05, 4.69) is 15.3 Å². The van der Waals surface area contributed by atoms with E-state index in [-0.39, 0.29) is 23.5 Å². The minimum Gasteiger partial charge on any atom is -0.308 e. The standard InChI is InChI=1S/C27H26N6O3S/c1-18-11-13-19(14-12-18)16-33-26-24(30-31-33)27(34)29-25(28-26)21-8-5-15-32(17-21)37(35,36)23-10-4-7-20-6-2-3-9-22(20)23/h2-4,6-7,9-14,21H,5,8,15-17H2,1H3,(H,28,29,34)/t21-/m0/s1. The van der Waals surface area contributed by atoms with Gasteiger partial charge in [-0.1, -0.05) is 71.4 Å². The van der Waals surface area contributed by atoms with Crippen LogP contribution in [0.3, 0.4) is 0 Å². The van der Waals surface area contributed by atoms with E-state index in [1.54, 1.807) is 16.8 Å². The number of aromatic nitrogens is 5. The second-order valence-electron chi connectivity index (χ2n) is 9.54. The Hall–Kier alpha value is -3.89. The van der Waals surface area contributed by atoms with Gasteiger partial charge >= 0.3 is 0 Å². The van der Waals surface area contributed by atoms with Crippen molar-refractivity contribution in [2.75, 3.05) is 13.1 Å². The smallest absolute Gasteiger partial charge is 0.281 e. The molecule has 1 aliphatic rings. The number of hydrogen-bond acceptors (Lipinski definition) is 6. The highest BCUT2D eigenvalue weighted by atomic mass is 32.2. The number of fused-ring (bicyclic) bond motifs is 2. The summed E-state index contributed by atoms with van der Waals surface area (Å²) in [4.78, 5) is 20.7. The van der Waals surface area contributed by atoms with Crippen molar-refractivity contribution in [1.82, 2.24) is 29.3 Å². The molecule has 0 spiro atoms. The molecule has 1 N–H and O–H groups in total. The fourth-order valence-electron chi connectivity index (χ4n) is 4.99. The third kappa shape index (κ3) is 4.32. The molecule has 1 atom stereocenters. The summed E-state index contributed by atoms with van der Waals surface area (Å²) in [6.45, 7) is 3.11. The molecule has 10 heteroatoms. The number of rotatable bonds is 5. The zero-order valence-corrected chi connectivity index (χ0v) is 21.1. The topological polar surface area (TPSA) is 114 Å². The molecule has 6 rings (SSSR count). The molecule has 1 saturated heterocycles. The van der Waals surface area contributed by atoms with Crippen molar-refractivity contribution >= 4 is 32.0 Å². The maximum atomic E-state index is 13.7. The van der Waals surface area contributed by atoms with Crippen LogP contribution in [0, 0.1) is 6.92 Å². The fourth-order valence-corrected chi connectivity index (χ4v) is 6.73. The minimum atomic E-state index is -3.74. The van der Waals surface area contributed by atoms with Crippen molar-refractivity contribution in [2.24, 2.45) is 0 Å². The van der Waals surface area contributed by atoms with Crippen LogP contribution >= 0.6 is 0 Å². The van der Waals surface area contributed by atoms with E-state index in [0.29, 0.717) is 41.3 Å². The van der Waals surface area contributed by atoms with Gasteiger partial charge in [0.1, 0.15) is 5.82 Å². The Labute approximate surface area is 213 Å². The second-order valence-corrected chi connectivity index (χ2v) is 11.4. The molecule has 37 heavy (non-hydrogen) atoms. The van der Waals surface area contributed by atoms with Crippen LogP contribution in [0.5, 0.6) is 0 Å². The summed E-state index contributed by atoms with van der Waals surface area (Å²) in [5.41, 5.74) is 2.37. The van der Waals surface area contributed by atoms with Gasteiger partial charge in [-0.2, -0.15) is 4.31 Å². The number of aryl methyl sites for hydroxylation is 1. The molecular weight excluding hydrogens is 488 g/mol. The number of aromatic amines is 1. The van der Waals surface area contributed by atoms with Gasteiger partial charge in [-0.3, -0.25) is 4.79 Å². The monoisotopic (exact) mass is 514 g/mol. The van der Waals surface area contributed by atoms with Crippen molar-refractivity contribution in [2.45, 2.75) is 37.1 Å². The number of H-pyrrole nitrogens is 1. The maximum absolute atomic E-state index is 13.7. The highest BCUT2D eigenvalue weighted by molar-refractivity contribution is 7.89. The normalized spacial score (nSPS) is 16.9. The highest BCUT2D eigenvalue weighted by Gasteiger charge is 2.33. The molecule has 9 nitrogen and oxygen atoms in total. The van der Waals surface area contributed by atoms with E-state index < -0.39 is 10.0 Å². The molecule has 0 unspecified atom stereocenters. The van der Waals surface area contributed by atoms with Crippen LogP contribution in [0.4, 0.5) is 0 Å². The van der Waals surface area contributed by atoms with E-state index in [4.69, 9.17) is 4.98 Å². The first kappa shape index (κ1) is 23.5. The first-order valence-electron chi connectivity index (χ1n) is 12.3. The summed E-state index contributed by atoms with van der Waals surface area (Å²) in [5, 5.41) is 9.78. The third-order valence-corrected chi connectivity index (χ3v) is 8.91. The zero-order chi connectivity index (χ0) is 25.6. The maximum Gasteiger partial charge on any atom is 0.281 e. The van der Waals surface area contributed by atoms with Crippen molar-refractivity contribution in [3.63, 3.8) is 0 Å². The van der Waals surface area contributed by atoms with Crippen LogP contribution in [0.15, 0.2) is 76.4 Å². The lowest BCUT2D eigenvalue weighted by Crippen LogP contribution is -2.40. The van der Waals surface area contributed by atoms with Crippen molar-refractivity contribution < 1.29 is 8.42 Å². The van der Waals surface area contributed by atoms with Gasteiger partial charge in [0, 0.05) is 24.4 Å². The van der Waals surface area contributed by atoms with E-state index in [1.807, 2.05) is 61.5 Å². The molecule has 1 fully saturated rings. The van der Waals surface area contributed by atoms with Crippen molar-refractivity contribution in [3.05, 3.63) is 94.0 Å². The summed E-state index contributed by atoms with van der Waals surface area (Å²) in [6.07, 6.45) is 1.38. The third-order valence-electron chi connectivity index (χ3n) is 6.98. The Morgan fingerprint density at radius 2 is 1.81 bits per heavy atom. The van der Waals surface area contributed by atoms with Crippen molar-refractivity contribution in [3.8, 4) is 0 Å². The largest absolute Gasteiger partial charge is 0.308 e. The first-order valence-corrected chi connectivity index (χ1v) is 13.7. The molecule has 0 bridgehead atoms. The lowest BCUT2D eigenvalue weighted by Gasteiger charge is -2.31. The number of piperidine rings is 1. The Balaban J connectivity index is 1.33. The van der Waals surface area contributed by atoms with Gasteiger partial charge < -0.3 is 4.98 Å². The fraction of sp³-hybridized carbons (Fsp3) is 0.259. The number of hydrogen-bond donors (Lipinski definition) is 1. The Morgan fingerprint density at radius 1 is 1.03 bits per heavy atom. The van der Waals surface area contributed by atoms with Gasteiger partial charge in [0.05, 0.1) is 11.4 Å². The van der Waals surface area contributed by atoms with Crippen LogP contribution < -0.4 is 5.56 Å². The van der Waals surface area contributed by atoms with E-state index in [1.165, 1.54) is 4.31 Å². The van der Waals surface area contributed by atoms with Gasteiger partial charge in [0.2, 0.25) is 10.0 Å². The lowest BCUT2D eigenvalue weighted by atomic mass is 9.99. The number of nitrogens with one attached hydrogen (secondary N) is 1. The average Bonchev–Trinajstić information content (AvgIpc) is 3.33. The number of benzene rings is 3. The SMILES string of the molecule is Cc1ccc(Cn2nnc3c(=O)[nH]c([C@H]4CCCN(S(=O)(=O)c5cccc6ccccc56)C4)nc32)cc1. The molecular formula is C27H26N6O3S. The van der Waals surface area contributed by atoms with Crippen LogP contribution in [-0.4, -0.2) is 50.8 Å². The first-order chi connectivity index (χ1) is 17.9. The summed E-state index contributed by atoms with van der Waals surface area (Å²) in [6, 6.07) is 20.9. The molecule has 3 aromatic carbocycles. The minimum absolute atomic E-state index is 0.173. The molecule has 188 valence electrons. The van der Waals surface area contributed by atoms with Crippen LogP contribution in [0.1, 0.15) is 35.7 Å². The molecule has 1 aliphatic heterocycles. The van der Waals surface area contributed by atoms with Gasteiger partial charge in [0.25, 0.3) is 5.56 Å². The van der Waals surface area contributed by atoms with Gasteiger partial charge in [-0.05, 0) is 36.8 Å². The van der Waals surface area contributed by atoms with Gasteiger partial charge in [-0.25, -0.2) is 18.1 Å².